The summed E-state index contributed by atoms with van der Waals surface area (Å²) >= 11 is 0. The van der Waals surface area contributed by atoms with Crippen LogP contribution in [0.2, 0.25) is 0 Å². The van der Waals surface area contributed by atoms with E-state index in [0.29, 0.717) is 11.8 Å². The molecule has 0 radical (unpaired) electrons. The summed E-state index contributed by atoms with van der Waals surface area (Å²) in [5, 5.41) is 5.75. The van der Waals surface area contributed by atoms with Crippen molar-refractivity contribution in [3.8, 4) is 0 Å². The van der Waals surface area contributed by atoms with Gasteiger partial charge in [0.25, 0.3) is 5.91 Å². The molecule has 4 nitrogen and oxygen atoms in total. The molecule has 1 aromatic carbocycles. The Morgan fingerprint density at radius 1 is 1.30 bits per heavy atom. The van der Waals surface area contributed by atoms with E-state index in [1.54, 1.807) is 0 Å². The van der Waals surface area contributed by atoms with E-state index in [1.165, 1.54) is 12.3 Å². The summed E-state index contributed by atoms with van der Waals surface area (Å²) in [6.07, 6.45) is -3.58. The lowest BCUT2D eigenvalue weighted by Crippen LogP contribution is -2.25. The van der Waals surface area contributed by atoms with Crippen LogP contribution in [0.1, 0.15) is 21.6 Å². The first-order valence-electron chi connectivity index (χ1n) is 5.43. The first-order valence-corrected chi connectivity index (χ1v) is 5.43. The van der Waals surface area contributed by atoms with Crippen molar-refractivity contribution in [2.45, 2.75) is 12.7 Å². The van der Waals surface area contributed by atoms with Gasteiger partial charge in [-0.15, -0.1) is 0 Å². The molecule has 1 aromatic heterocycles. The number of halogens is 4. The number of alkyl halides is 3. The SMILES string of the molecule is O=C(NCc1ccon1)c1cccc(C(F)(F)F)c1F. The Morgan fingerprint density at radius 2 is 2.05 bits per heavy atom. The smallest absolute Gasteiger partial charge is 0.364 e. The van der Waals surface area contributed by atoms with Crippen molar-refractivity contribution < 1.29 is 26.9 Å². The minimum atomic E-state index is -4.85. The third-order valence-electron chi connectivity index (χ3n) is 2.47. The summed E-state index contributed by atoms with van der Waals surface area (Å²) < 4.78 is 55.7. The lowest BCUT2D eigenvalue weighted by atomic mass is 10.1. The molecule has 0 atom stereocenters. The van der Waals surface area contributed by atoms with E-state index in [-0.39, 0.29) is 6.54 Å². The van der Waals surface area contributed by atoms with Crippen LogP contribution in [0.4, 0.5) is 17.6 Å². The molecule has 0 bridgehead atoms. The molecule has 0 unspecified atom stereocenters. The highest BCUT2D eigenvalue weighted by Crippen LogP contribution is 2.32. The Kier molecular flexibility index (Phi) is 3.73. The highest BCUT2D eigenvalue weighted by Gasteiger charge is 2.35. The Labute approximate surface area is 110 Å². The van der Waals surface area contributed by atoms with E-state index in [0.717, 1.165) is 12.1 Å². The molecule has 0 aliphatic heterocycles. The van der Waals surface area contributed by atoms with Gasteiger partial charge >= 0.3 is 6.18 Å². The van der Waals surface area contributed by atoms with Crippen LogP contribution < -0.4 is 5.32 Å². The normalized spacial score (nSPS) is 11.4. The van der Waals surface area contributed by atoms with Gasteiger partial charge in [-0.2, -0.15) is 13.2 Å². The number of amides is 1. The number of nitrogens with one attached hydrogen (secondary N) is 1. The number of nitrogens with zero attached hydrogens (tertiary/aromatic N) is 1. The Balaban J connectivity index is 2.18. The van der Waals surface area contributed by atoms with Gasteiger partial charge in [-0.1, -0.05) is 11.2 Å². The number of carbonyl (C=O) groups excluding carboxylic acids is 1. The van der Waals surface area contributed by atoms with Crippen LogP contribution in [0.3, 0.4) is 0 Å². The van der Waals surface area contributed by atoms with E-state index < -0.39 is 29.0 Å². The topological polar surface area (TPSA) is 55.1 Å². The summed E-state index contributed by atoms with van der Waals surface area (Å²) in [6.45, 7) is -0.0784. The van der Waals surface area contributed by atoms with Gasteiger partial charge in [-0.3, -0.25) is 4.79 Å². The van der Waals surface area contributed by atoms with Gasteiger partial charge in [0.15, 0.2) is 0 Å². The van der Waals surface area contributed by atoms with E-state index in [2.05, 4.69) is 15.0 Å². The van der Waals surface area contributed by atoms with Gasteiger partial charge in [0.1, 0.15) is 17.8 Å². The van der Waals surface area contributed by atoms with E-state index in [9.17, 15) is 22.4 Å². The van der Waals surface area contributed by atoms with E-state index in [1.807, 2.05) is 0 Å². The quantitative estimate of drug-likeness (QED) is 0.884. The maximum atomic E-state index is 13.7. The third kappa shape index (κ3) is 2.95. The second-order valence-corrected chi connectivity index (χ2v) is 3.84. The monoisotopic (exact) mass is 288 g/mol. The molecule has 1 N–H and O–H groups in total. The van der Waals surface area contributed by atoms with Gasteiger partial charge in [0, 0.05) is 6.07 Å². The van der Waals surface area contributed by atoms with Crippen molar-refractivity contribution >= 4 is 5.91 Å². The summed E-state index contributed by atoms with van der Waals surface area (Å²) in [5.74, 6) is -2.56. The van der Waals surface area contributed by atoms with Crippen molar-refractivity contribution in [2.75, 3.05) is 0 Å². The Hall–Kier alpha value is -2.38. The Morgan fingerprint density at radius 3 is 2.65 bits per heavy atom. The number of benzene rings is 1. The zero-order valence-electron chi connectivity index (χ0n) is 9.87. The number of hydrogen-bond acceptors (Lipinski definition) is 3. The van der Waals surface area contributed by atoms with Crippen LogP contribution in [0.5, 0.6) is 0 Å². The molecule has 20 heavy (non-hydrogen) atoms. The summed E-state index contributed by atoms with van der Waals surface area (Å²) in [7, 11) is 0. The van der Waals surface area contributed by atoms with Crippen molar-refractivity contribution in [2.24, 2.45) is 0 Å². The summed E-state index contributed by atoms with van der Waals surface area (Å²) in [4.78, 5) is 11.7. The van der Waals surface area contributed by atoms with Gasteiger partial charge in [0.05, 0.1) is 17.7 Å². The fourth-order valence-electron chi connectivity index (χ4n) is 1.52. The number of rotatable bonds is 3. The molecule has 1 amide bonds. The molecule has 0 aliphatic rings. The van der Waals surface area contributed by atoms with Gasteiger partial charge in [0.2, 0.25) is 0 Å². The van der Waals surface area contributed by atoms with Crippen molar-refractivity contribution in [3.63, 3.8) is 0 Å². The van der Waals surface area contributed by atoms with Crippen molar-refractivity contribution in [1.29, 1.82) is 0 Å². The Bertz CT molecular complexity index is 608. The molecule has 106 valence electrons. The fraction of sp³-hybridized carbons (Fsp3) is 0.167. The van der Waals surface area contributed by atoms with E-state index >= 15 is 0 Å². The van der Waals surface area contributed by atoms with Gasteiger partial charge in [-0.05, 0) is 12.1 Å². The number of aromatic nitrogens is 1. The standard InChI is InChI=1S/C12H8F4N2O2/c13-10-8(2-1-3-9(10)12(14,15)16)11(19)17-6-7-4-5-20-18-7/h1-5H,6H2,(H,17,19). The van der Waals surface area contributed by atoms with Crippen LogP contribution in [0.15, 0.2) is 35.1 Å². The predicted octanol–water partition coefficient (Wildman–Crippen LogP) is 2.76. The van der Waals surface area contributed by atoms with Crippen LogP contribution >= 0.6 is 0 Å². The molecular formula is C12H8F4N2O2. The molecule has 0 saturated carbocycles. The summed E-state index contributed by atoms with van der Waals surface area (Å²) in [5.41, 5.74) is -1.79. The fourth-order valence-corrected chi connectivity index (χ4v) is 1.52. The first-order chi connectivity index (χ1) is 9.39. The second-order valence-electron chi connectivity index (χ2n) is 3.84. The zero-order chi connectivity index (χ0) is 14.8. The lowest BCUT2D eigenvalue weighted by Gasteiger charge is -2.10. The number of carbonyl (C=O) groups is 1. The maximum Gasteiger partial charge on any atom is 0.419 e. The van der Waals surface area contributed by atoms with E-state index in [4.69, 9.17) is 0 Å². The maximum absolute atomic E-state index is 13.7. The highest BCUT2D eigenvalue weighted by molar-refractivity contribution is 5.94. The van der Waals surface area contributed by atoms with Crippen LogP contribution in [0, 0.1) is 5.82 Å². The van der Waals surface area contributed by atoms with Gasteiger partial charge < -0.3 is 9.84 Å². The molecule has 8 heteroatoms. The predicted molar refractivity (Wildman–Crippen MR) is 59.1 cm³/mol. The molecule has 2 rings (SSSR count). The molecule has 1 heterocycles. The largest absolute Gasteiger partial charge is 0.419 e. The third-order valence-corrected chi connectivity index (χ3v) is 2.47. The molecule has 0 saturated heterocycles. The number of hydrogen-bond donors (Lipinski definition) is 1. The molecular weight excluding hydrogens is 280 g/mol. The molecule has 0 fully saturated rings. The van der Waals surface area contributed by atoms with Crippen molar-refractivity contribution in [3.05, 3.63) is 53.2 Å². The molecule has 0 spiro atoms. The lowest BCUT2D eigenvalue weighted by molar-refractivity contribution is -0.140. The average Bonchev–Trinajstić information content (AvgIpc) is 2.88. The van der Waals surface area contributed by atoms with Crippen LogP contribution in [-0.2, 0) is 12.7 Å². The van der Waals surface area contributed by atoms with Crippen LogP contribution in [0.25, 0.3) is 0 Å². The zero-order valence-corrected chi connectivity index (χ0v) is 9.87. The van der Waals surface area contributed by atoms with Crippen LogP contribution in [-0.4, -0.2) is 11.1 Å². The van der Waals surface area contributed by atoms with Crippen molar-refractivity contribution in [1.82, 2.24) is 10.5 Å². The molecule has 2 aromatic rings. The summed E-state index contributed by atoms with van der Waals surface area (Å²) in [6, 6.07) is 3.98. The highest BCUT2D eigenvalue weighted by atomic mass is 19.4. The van der Waals surface area contributed by atoms with Gasteiger partial charge in [-0.25, -0.2) is 4.39 Å². The second kappa shape index (κ2) is 5.32. The minimum Gasteiger partial charge on any atom is -0.364 e. The molecule has 0 aliphatic carbocycles. The average molecular weight is 288 g/mol. The first kappa shape index (κ1) is 14.0. The minimum absolute atomic E-state index is 0.0784.